The Balaban J connectivity index is 0.00000576. The second kappa shape index (κ2) is 15.0. The van der Waals surface area contributed by atoms with E-state index in [-0.39, 0.29) is 12.4 Å². The van der Waals surface area contributed by atoms with Crippen LogP contribution in [-0.2, 0) is 6.42 Å². The molecule has 1 rings (SSSR count). The fraction of sp³-hybridized carbons (Fsp3) is 0.739. The maximum Gasteiger partial charge on any atom is -0.0124 e. The summed E-state index contributed by atoms with van der Waals surface area (Å²) in [6.45, 7) is 7.02. The van der Waals surface area contributed by atoms with Crippen molar-refractivity contribution in [2.45, 2.75) is 103 Å². The molecule has 0 nitrogen and oxygen atoms in total. The van der Waals surface area contributed by atoms with Crippen molar-refractivity contribution in [3.63, 3.8) is 0 Å². The van der Waals surface area contributed by atoms with Gasteiger partial charge in [-0.15, -0.1) is 21.6 Å². The Morgan fingerprint density at radius 2 is 1.32 bits per heavy atom. The fourth-order valence-corrected chi connectivity index (χ4v) is 4.13. The average Bonchev–Trinajstić information content (AvgIpc) is 2.63. The van der Waals surface area contributed by atoms with Gasteiger partial charge in [0.25, 0.3) is 0 Å². The Hall–Kier alpha value is -0.0600. The second-order valence-corrected chi connectivity index (χ2v) is 8.74. The zero-order chi connectivity index (χ0) is 17.7. The SMILES string of the molecule is CCCCCCCCCCC(Cc1ccccc1)C(P)(CC)CC.Cl. The van der Waals surface area contributed by atoms with E-state index in [9.17, 15) is 0 Å². The summed E-state index contributed by atoms with van der Waals surface area (Å²) < 4.78 is 0. The highest BCUT2D eigenvalue weighted by molar-refractivity contribution is 7.19. The van der Waals surface area contributed by atoms with Gasteiger partial charge in [-0.25, -0.2) is 0 Å². The number of hydrogen-bond donors (Lipinski definition) is 0. The smallest absolute Gasteiger partial charge is 0.0124 e. The molecule has 146 valence electrons. The van der Waals surface area contributed by atoms with E-state index in [1.165, 1.54) is 82.6 Å². The van der Waals surface area contributed by atoms with Crippen LogP contribution >= 0.6 is 21.6 Å². The summed E-state index contributed by atoms with van der Waals surface area (Å²) >= 11 is 0. The predicted molar refractivity (Wildman–Crippen MR) is 121 cm³/mol. The lowest BCUT2D eigenvalue weighted by Crippen LogP contribution is -2.31. The van der Waals surface area contributed by atoms with Gasteiger partial charge < -0.3 is 0 Å². The van der Waals surface area contributed by atoms with E-state index in [2.05, 4.69) is 60.3 Å². The molecule has 0 fully saturated rings. The predicted octanol–water partition coefficient (Wildman–Crippen LogP) is 8.23. The minimum atomic E-state index is 0. The van der Waals surface area contributed by atoms with Gasteiger partial charge in [-0.2, -0.15) is 0 Å². The van der Waals surface area contributed by atoms with Crippen LogP contribution < -0.4 is 0 Å². The molecular formula is C23H42ClP. The van der Waals surface area contributed by atoms with Crippen molar-refractivity contribution >= 4 is 21.6 Å². The van der Waals surface area contributed by atoms with Gasteiger partial charge >= 0.3 is 0 Å². The van der Waals surface area contributed by atoms with E-state index >= 15 is 0 Å². The van der Waals surface area contributed by atoms with E-state index in [0.717, 1.165) is 5.92 Å². The van der Waals surface area contributed by atoms with Crippen molar-refractivity contribution in [1.29, 1.82) is 0 Å². The molecule has 25 heavy (non-hydrogen) atoms. The van der Waals surface area contributed by atoms with E-state index in [0.29, 0.717) is 5.16 Å². The highest BCUT2D eigenvalue weighted by atomic mass is 35.5. The highest BCUT2D eigenvalue weighted by Gasteiger charge is 2.30. The molecule has 1 aromatic carbocycles. The largest absolute Gasteiger partial charge is 0.147 e. The van der Waals surface area contributed by atoms with E-state index in [4.69, 9.17) is 0 Å². The molecule has 0 aliphatic rings. The number of benzene rings is 1. The van der Waals surface area contributed by atoms with Crippen LogP contribution in [0.25, 0.3) is 0 Å². The maximum atomic E-state index is 3.23. The molecule has 0 bridgehead atoms. The van der Waals surface area contributed by atoms with Crippen molar-refractivity contribution in [2.24, 2.45) is 5.92 Å². The number of hydrogen-bond acceptors (Lipinski definition) is 0. The summed E-state index contributed by atoms with van der Waals surface area (Å²) in [6, 6.07) is 11.1. The van der Waals surface area contributed by atoms with Gasteiger partial charge in [-0.3, -0.25) is 0 Å². The second-order valence-electron chi connectivity index (χ2n) is 7.59. The van der Waals surface area contributed by atoms with Crippen molar-refractivity contribution in [3.05, 3.63) is 35.9 Å². The van der Waals surface area contributed by atoms with Crippen LogP contribution in [0.1, 0.15) is 97.0 Å². The lowest BCUT2D eigenvalue weighted by molar-refractivity contribution is 0.320. The van der Waals surface area contributed by atoms with E-state index < -0.39 is 0 Å². The van der Waals surface area contributed by atoms with Gasteiger partial charge in [0, 0.05) is 0 Å². The summed E-state index contributed by atoms with van der Waals surface area (Å²) in [5, 5.41) is 0.414. The zero-order valence-electron chi connectivity index (χ0n) is 16.9. The third kappa shape index (κ3) is 10.0. The molecule has 0 aromatic heterocycles. The topological polar surface area (TPSA) is 0 Å². The lowest BCUT2D eigenvalue weighted by atomic mass is 9.79. The quantitative estimate of drug-likeness (QED) is 0.224. The molecule has 0 aliphatic carbocycles. The molecule has 0 radical (unpaired) electrons. The van der Waals surface area contributed by atoms with E-state index in [1.54, 1.807) is 0 Å². The Morgan fingerprint density at radius 1 is 0.800 bits per heavy atom. The first-order chi connectivity index (χ1) is 11.7. The van der Waals surface area contributed by atoms with Gasteiger partial charge in [0.1, 0.15) is 0 Å². The molecule has 0 spiro atoms. The molecule has 0 amide bonds. The van der Waals surface area contributed by atoms with Crippen molar-refractivity contribution in [3.8, 4) is 0 Å². The average molecular weight is 385 g/mol. The normalized spacial score (nSPS) is 12.6. The van der Waals surface area contributed by atoms with Crippen LogP contribution in [-0.4, -0.2) is 5.16 Å². The molecule has 1 aromatic rings. The summed E-state index contributed by atoms with van der Waals surface area (Å²) in [7, 11) is 3.23. The summed E-state index contributed by atoms with van der Waals surface area (Å²) in [5.74, 6) is 0.792. The van der Waals surface area contributed by atoms with Crippen molar-refractivity contribution in [2.75, 3.05) is 0 Å². The number of halogens is 1. The molecule has 0 saturated carbocycles. The summed E-state index contributed by atoms with van der Waals surface area (Å²) in [5.41, 5.74) is 1.51. The number of unbranched alkanes of at least 4 members (excludes halogenated alkanes) is 7. The first-order valence-corrected chi connectivity index (χ1v) is 11.1. The first kappa shape index (κ1) is 24.9. The minimum absolute atomic E-state index is 0. The molecule has 2 unspecified atom stereocenters. The van der Waals surface area contributed by atoms with Crippen LogP contribution in [0, 0.1) is 5.92 Å². The van der Waals surface area contributed by atoms with Gasteiger partial charge in [-0.1, -0.05) is 102 Å². The number of rotatable bonds is 14. The minimum Gasteiger partial charge on any atom is -0.147 e. The third-order valence-corrected chi connectivity index (χ3v) is 7.15. The van der Waals surface area contributed by atoms with E-state index in [1.807, 2.05) is 0 Å². The first-order valence-electron chi connectivity index (χ1n) is 10.5. The maximum absolute atomic E-state index is 3.23. The fourth-order valence-electron chi connectivity index (χ4n) is 3.84. The molecule has 2 atom stereocenters. The van der Waals surface area contributed by atoms with Crippen LogP contribution in [0.4, 0.5) is 0 Å². The monoisotopic (exact) mass is 384 g/mol. The highest BCUT2D eigenvalue weighted by Crippen LogP contribution is 2.40. The van der Waals surface area contributed by atoms with Crippen LogP contribution in [0.2, 0.25) is 0 Å². The third-order valence-electron chi connectivity index (χ3n) is 5.86. The molecule has 0 N–H and O–H groups in total. The molecule has 0 aliphatic heterocycles. The summed E-state index contributed by atoms with van der Waals surface area (Å²) in [6.07, 6.45) is 16.5. The van der Waals surface area contributed by atoms with Gasteiger partial charge in [0.05, 0.1) is 0 Å². The molecule has 2 heteroatoms. The zero-order valence-corrected chi connectivity index (χ0v) is 18.9. The van der Waals surface area contributed by atoms with Gasteiger partial charge in [-0.05, 0) is 42.3 Å². The Morgan fingerprint density at radius 3 is 1.84 bits per heavy atom. The van der Waals surface area contributed by atoms with Crippen molar-refractivity contribution in [1.82, 2.24) is 0 Å². The Labute approximate surface area is 166 Å². The summed E-state index contributed by atoms with van der Waals surface area (Å²) in [4.78, 5) is 0. The van der Waals surface area contributed by atoms with Crippen LogP contribution in [0.5, 0.6) is 0 Å². The standard InChI is InChI=1S/C23H41P.ClH/c1-4-7-8-9-10-11-12-16-19-22(23(24,5-2)6-3)20-21-17-14-13-15-18-21;/h13-15,17-18,22H,4-12,16,19-20,24H2,1-3H3;1H. The molecular weight excluding hydrogens is 343 g/mol. The van der Waals surface area contributed by atoms with Crippen LogP contribution in [0.15, 0.2) is 30.3 Å². The molecule has 0 saturated heterocycles. The lowest BCUT2D eigenvalue weighted by Gasteiger charge is -2.36. The molecule has 0 heterocycles. The van der Waals surface area contributed by atoms with Gasteiger partial charge in [0.15, 0.2) is 0 Å². The van der Waals surface area contributed by atoms with Crippen LogP contribution in [0.3, 0.4) is 0 Å². The Bertz CT molecular complexity index is 400. The van der Waals surface area contributed by atoms with Gasteiger partial charge in [0.2, 0.25) is 0 Å². The van der Waals surface area contributed by atoms with Crippen molar-refractivity contribution < 1.29 is 0 Å². The Kier molecular flexibility index (Phi) is 15.0.